The molecule has 1 atom stereocenters. The molecule has 0 unspecified atom stereocenters. The summed E-state index contributed by atoms with van der Waals surface area (Å²) in [6, 6.07) is 12.0. The first-order valence-corrected chi connectivity index (χ1v) is 6.48. The van der Waals surface area contributed by atoms with E-state index in [2.05, 4.69) is 22.8 Å². The standard InChI is InChI=1S/C15H16N2O2/c1-2-19-13-8-7-10-5-3-4-6-11(10)14(13)12-9-16-15(18)17-12/h3-8,12H,2,9H2,1H3,(H2,16,17,18)/t12-/m1/s1. The number of carbonyl (C=O) groups is 1. The van der Waals surface area contributed by atoms with E-state index in [4.69, 9.17) is 4.74 Å². The molecule has 4 nitrogen and oxygen atoms in total. The summed E-state index contributed by atoms with van der Waals surface area (Å²) in [7, 11) is 0. The third-order valence-corrected chi connectivity index (χ3v) is 3.35. The van der Waals surface area contributed by atoms with Gasteiger partial charge in [-0.1, -0.05) is 30.3 Å². The molecule has 2 aromatic rings. The zero-order chi connectivity index (χ0) is 13.2. The molecule has 0 spiro atoms. The van der Waals surface area contributed by atoms with E-state index in [0.29, 0.717) is 13.2 Å². The van der Waals surface area contributed by atoms with Gasteiger partial charge in [-0.15, -0.1) is 0 Å². The first-order chi connectivity index (χ1) is 9.29. The fourth-order valence-electron chi connectivity index (χ4n) is 2.55. The van der Waals surface area contributed by atoms with Crippen LogP contribution in [0.3, 0.4) is 0 Å². The fourth-order valence-corrected chi connectivity index (χ4v) is 2.55. The van der Waals surface area contributed by atoms with Gasteiger partial charge in [0.1, 0.15) is 5.75 Å². The maximum Gasteiger partial charge on any atom is 0.315 e. The van der Waals surface area contributed by atoms with Gasteiger partial charge in [0.25, 0.3) is 0 Å². The van der Waals surface area contributed by atoms with E-state index in [1.54, 1.807) is 0 Å². The SMILES string of the molecule is CCOc1ccc2ccccc2c1[C@H]1CNC(=O)N1. The number of hydrogen-bond acceptors (Lipinski definition) is 2. The molecular formula is C15H16N2O2. The molecule has 2 amide bonds. The number of amides is 2. The van der Waals surface area contributed by atoms with Crippen LogP contribution in [-0.4, -0.2) is 19.2 Å². The van der Waals surface area contributed by atoms with E-state index in [1.165, 1.54) is 0 Å². The number of ether oxygens (including phenoxy) is 1. The quantitative estimate of drug-likeness (QED) is 0.886. The Bertz CT molecular complexity index is 625. The Balaban J connectivity index is 2.16. The first-order valence-electron chi connectivity index (χ1n) is 6.48. The Kier molecular flexibility index (Phi) is 2.99. The Hall–Kier alpha value is -2.23. The lowest BCUT2D eigenvalue weighted by molar-refractivity contribution is 0.247. The minimum atomic E-state index is -0.125. The molecule has 98 valence electrons. The lowest BCUT2D eigenvalue weighted by atomic mass is 9.98. The van der Waals surface area contributed by atoms with E-state index in [-0.39, 0.29) is 12.1 Å². The monoisotopic (exact) mass is 256 g/mol. The van der Waals surface area contributed by atoms with Crippen LogP contribution >= 0.6 is 0 Å². The minimum Gasteiger partial charge on any atom is -0.493 e. The molecule has 0 aliphatic carbocycles. The van der Waals surface area contributed by atoms with Gasteiger partial charge in [-0.3, -0.25) is 0 Å². The molecule has 4 heteroatoms. The highest BCUT2D eigenvalue weighted by atomic mass is 16.5. The van der Waals surface area contributed by atoms with Crippen LogP contribution in [0.15, 0.2) is 36.4 Å². The first kappa shape index (κ1) is 11.8. The highest BCUT2D eigenvalue weighted by Gasteiger charge is 2.26. The van der Waals surface area contributed by atoms with E-state index >= 15 is 0 Å². The van der Waals surface area contributed by atoms with E-state index in [0.717, 1.165) is 22.1 Å². The van der Waals surface area contributed by atoms with Gasteiger partial charge in [0.05, 0.1) is 12.6 Å². The van der Waals surface area contributed by atoms with Crippen LogP contribution in [0, 0.1) is 0 Å². The molecule has 1 aliphatic rings. The largest absolute Gasteiger partial charge is 0.493 e. The van der Waals surface area contributed by atoms with Crippen molar-refractivity contribution < 1.29 is 9.53 Å². The topological polar surface area (TPSA) is 50.4 Å². The highest BCUT2D eigenvalue weighted by molar-refractivity contribution is 5.89. The molecule has 2 N–H and O–H groups in total. The van der Waals surface area contributed by atoms with Gasteiger partial charge < -0.3 is 15.4 Å². The molecule has 0 bridgehead atoms. The summed E-state index contributed by atoms with van der Waals surface area (Å²) in [6.07, 6.45) is 0. The van der Waals surface area contributed by atoms with Crippen LogP contribution in [0.25, 0.3) is 10.8 Å². The summed E-state index contributed by atoms with van der Waals surface area (Å²) in [6.45, 7) is 3.16. The fraction of sp³-hybridized carbons (Fsp3) is 0.267. The van der Waals surface area contributed by atoms with Crippen molar-refractivity contribution in [3.63, 3.8) is 0 Å². The predicted molar refractivity (Wildman–Crippen MR) is 74.4 cm³/mol. The number of fused-ring (bicyclic) bond motifs is 1. The molecule has 1 fully saturated rings. The molecule has 0 saturated carbocycles. The number of hydrogen-bond donors (Lipinski definition) is 2. The molecule has 0 aromatic heterocycles. The normalized spacial score (nSPS) is 18.2. The van der Waals surface area contributed by atoms with Crippen LogP contribution < -0.4 is 15.4 Å². The molecule has 1 aliphatic heterocycles. The summed E-state index contributed by atoms with van der Waals surface area (Å²) in [4.78, 5) is 11.4. The van der Waals surface area contributed by atoms with Crippen LogP contribution in [-0.2, 0) is 0 Å². The molecular weight excluding hydrogens is 240 g/mol. The number of benzene rings is 2. The van der Waals surface area contributed by atoms with Gasteiger partial charge in [0, 0.05) is 12.1 Å². The molecule has 1 saturated heterocycles. The number of urea groups is 1. The molecule has 3 rings (SSSR count). The maximum absolute atomic E-state index is 11.4. The summed E-state index contributed by atoms with van der Waals surface area (Å²) >= 11 is 0. The van der Waals surface area contributed by atoms with Crippen molar-refractivity contribution in [1.82, 2.24) is 10.6 Å². The zero-order valence-electron chi connectivity index (χ0n) is 10.8. The second-order valence-corrected chi connectivity index (χ2v) is 4.54. The van der Waals surface area contributed by atoms with E-state index in [9.17, 15) is 4.79 Å². The number of rotatable bonds is 3. The van der Waals surface area contributed by atoms with Crippen LogP contribution in [0.5, 0.6) is 5.75 Å². The van der Waals surface area contributed by atoms with Crippen molar-refractivity contribution in [1.29, 1.82) is 0 Å². The van der Waals surface area contributed by atoms with Crippen molar-refractivity contribution in [2.75, 3.05) is 13.2 Å². The summed E-state index contributed by atoms with van der Waals surface area (Å²) in [5, 5.41) is 8.01. The van der Waals surface area contributed by atoms with Gasteiger partial charge in [-0.2, -0.15) is 0 Å². The Morgan fingerprint density at radius 3 is 2.84 bits per heavy atom. The summed E-state index contributed by atoms with van der Waals surface area (Å²) < 4.78 is 5.71. The maximum atomic E-state index is 11.4. The zero-order valence-corrected chi connectivity index (χ0v) is 10.8. The Morgan fingerprint density at radius 1 is 1.26 bits per heavy atom. The number of nitrogens with one attached hydrogen (secondary N) is 2. The Labute approximate surface area is 111 Å². The van der Waals surface area contributed by atoms with Crippen LogP contribution in [0.1, 0.15) is 18.5 Å². The van der Waals surface area contributed by atoms with Crippen molar-refractivity contribution in [3.8, 4) is 5.75 Å². The number of carbonyl (C=O) groups excluding carboxylic acids is 1. The minimum absolute atomic E-state index is 0.0415. The van der Waals surface area contributed by atoms with Gasteiger partial charge in [0.2, 0.25) is 0 Å². The van der Waals surface area contributed by atoms with Gasteiger partial charge in [-0.05, 0) is 23.8 Å². The molecule has 19 heavy (non-hydrogen) atoms. The molecule has 1 heterocycles. The smallest absolute Gasteiger partial charge is 0.315 e. The van der Waals surface area contributed by atoms with Crippen LogP contribution in [0.2, 0.25) is 0 Å². The average Bonchev–Trinajstić information content (AvgIpc) is 2.85. The molecule has 2 aromatic carbocycles. The lowest BCUT2D eigenvalue weighted by Gasteiger charge is -2.17. The average molecular weight is 256 g/mol. The van der Waals surface area contributed by atoms with Crippen molar-refractivity contribution in [2.45, 2.75) is 13.0 Å². The van der Waals surface area contributed by atoms with Crippen molar-refractivity contribution in [2.24, 2.45) is 0 Å². The predicted octanol–water partition coefficient (Wildman–Crippen LogP) is 2.59. The summed E-state index contributed by atoms with van der Waals surface area (Å²) in [5.74, 6) is 0.843. The second kappa shape index (κ2) is 4.80. The third kappa shape index (κ3) is 2.10. The van der Waals surface area contributed by atoms with Gasteiger partial charge in [0.15, 0.2) is 0 Å². The van der Waals surface area contributed by atoms with Crippen molar-refractivity contribution in [3.05, 3.63) is 42.0 Å². The van der Waals surface area contributed by atoms with Crippen LogP contribution in [0.4, 0.5) is 4.79 Å². The summed E-state index contributed by atoms with van der Waals surface area (Å²) in [5.41, 5.74) is 1.05. The lowest BCUT2D eigenvalue weighted by Crippen LogP contribution is -2.22. The Morgan fingerprint density at radius 2 is 2.11 bits per heavy atom. The second-order valence-electron chi connectivity index (χ2n) is 4.54. The van der Waals surface area contributed by atoms with Crippen molar-refractivity contribution >= 4 is 16.8 Å². The van der Waals surface area contributed by atoms with E-state index in [1.807, 2.05) is 31.2 Å². The van der Waals surface area contributed by atoms with E-state index < -0.39 is 0 Å². The third-order valence-electron chi connectivity index (χ3n) is 3.35. The highest BCUT2D eigenvalue weighted by Crippen LogP contribution is 2.34. The van der Waals surface area contributed by atoms with Gasteiger partial charge in [-0.25, -0.2) is 4.79 Å². The van der Waals surface area contributed by atoms with Gasteiger partial charge >= 0.3 is 6.03 Å². The molecule has 0 radical (unpaired) electrons.